The van der Waals surface area contributed by atoms with E-state index in [9.17, 15) is 9.59 Å². The molecule has 1 unspecified atom stereocenters. The van der Waals surface area contributed by atoms with Crippen LogP contribution in [-0.4, -0.2) is 65.9 Å². The van der Waals surface area contributed by atoms with Gasteiger partial charge in [-0.05, 0) is 24.9 Å². The Bertz CT molecular complexity index is 314. The van der Waals surface area contributed by atoms with E-state index in [0.29, 0.717) is 31.9 Å². The van der Waals surface area contributed by atoms with Gasteiger partial charge in [0, 0.05) is 13.1 Å². The number of rotatable bonds is 6. The standard InChI is InChI=1S/C12H22N2O4S/c1-3-9-8-14(5-6-18-9)12(17)13-10(11(15)16)4-7-19-2/h9-10H,3-8H2,1-2H3,(H,13,17)(H,15,16)/t9?,10-/m0/s1. The first-order valence-electron chi connectivity index (χ1n) is 6.47. The lowest BCUT2D eigenvalue weighted by atomic mass is 10.2. The summed E-state index contributed by atoms with van der Waals surface area (Å²) in [4.78, 5) is 24.7. The maximum absolute atomic E-state index is 12.0. The predicted octanol–water partition coefficient (Wildman–Crippen LogP) is 1.01. The normalized spacial score (nSPS) is 20.9. The Kier molecular flexibility index (Phi) is 7.01. The fourth-order valence-corrected chi connectivity index (χ4v) is 2.36. The highest BCUT2D eigenvalue weighted by molar-refractivity contribution is 7.98. The van der Waals surface area contributed by atoms with Gasteiger partial charge in [0.2, 0.25) is 0 Å². The highest BCUT2D eigenvalue weighted by Crippen LogP contribution is 2.09. The predicted molar refractivity (Wildman–Crippen MR) is 74.6 cm³/mol. The van der Waals surface area contributed by atoms with Crippen LogP contribution in [0.15, 0.2) is 0 Å². The van der Waals surface area contributed by atoms with Crippen molar-refractivity contribution in [3.63, 3.8) is 0 Å². The van der Waals surface area contributed by atoms with Crippen LogP contribution in [0.5, 0.6) is 0 Å². The second-order valence-electron chi connectivity index (χ2n) is 4.47. The molecule has 0 radical (unpaired) electrons. The Morgan fingerprint density at radius 3 is 2.89 bits per heavy atom. The number of carboxylic acid groups (broad SMARTS) is 1. The van der Waals surface area contributed by atoms with Gasteiger partial charge in [-0.25, -0.2) is 9.59 Å². The van der Waals surface area contributed by atoms with Crippen molar-refractivity contribution < 1.29 is 19.4 Å². The minimum absolute atomic E-state index is 0.0500. The number of thioether (sulfide) groups is 1. The zero-order chi connectivity index (χ0) is 14.3. The Balaban J connectivity index is 2.48. The van der Waals surface area contributed by atoms with E-state index < -0.39 is 12.0 Å². The van der Waals surface area contributed by atoms with Crippen molar-refractivity contribution in [1.29, 1.82) is 0 Å². The van der Waals surface area contributed by atoms with Gasteiger partial charge in [-0.1, -0.05) is 6.92 Å². The fourth-order valence-electron chi connectivity index (χ4n) is 1.88. The number of carbonyl (C=O) groups is 2. The molecule has 19 heavy (non-hydrogen) atoms. The molecule has 0 aromatic carbocycles. The molecule has 1 aliphatic rings. The minimum Gasteiger partial charge on any atom is -0.480 e. The molecule has 0 spiro atoms. The van der Waals surface area contributed by atoms with Crippen molar-refractivity contribution in [1.82, 2.24) is 10.2 Å². The Morgan fingerprint density at radius 2 is 2.32 bits per heavy atom. The summed E-state index contributed by atoms with van der Waals surface area (Å²) in [6.45, 7) is 3.55. The van der Waals surface area contributed by atoms with E-state index in [1.165, 1.54) is 0 Å². The Labute approximate surface area is 117 Å². The van der Waals surface area contributed by atoms with E-state index >= 15 is 0 Å². The van der Waals surface area contributed by atoms with Crippen LogP contribution in [0.1, 0.15) is 19.8 Å². The number of hydrogen-bond donors (Lipinski definition) is 2. The van der Waals surface area contributed by atoms with Crippen LogP contribution in [-0.2, 0) is 9.53 Å². The number of nitrogens with zero attached hydrogens (tertiary/aromatic N) is 1. The van der Waals surface area contributed by atoms with Crippen molar-refractivity contribution in [3.05, 3.63) is 0 Å². The molecule has 1 fully saturated rings. The molecule has 0 aromatic heterocycles. The fraction of sp³-hybridized carbons (Fsp3) is 0.833. The molecular weight excluding hydrogens is 268 g/mol. The lowest BCUT2D eigenvalue weighted by molar-refractivity contribution is -0.139. The summed E-state index contributed by atoms with van der Waals surface area (Å²) in [5.41, 5.74) is 0. The summed E-state index contributed by atoms with van der Waals surface area (Å²) in [6.07, 6.45) is 3.24. The molecule has 0 aromatic rings. The van der Waals surface area contributed by atoms with E-state index in [1.54, 1.807) is 16.7 Å². The zero-order valence-electron chi connectivity index (χ0n) is 11.4. The molecule has 1 saturated heterocycles. The summed E-state index contributed by atoms with van der Waals surface area (Å²) in [7, 11) is 0. The molecule has 0 aliphatic carbocycles. The molecule has 1 aliphatic heterocycles. The molecule has 0 bridgehead atoms. The first kappa shape index (κ1) is 16.1. The minimum atomic E-state index is -0.984. The first-order chi connectivity index (χ1) is 9.08. The van der Waals surface area contributed by atoms with Gasteiger partial charge in [-0.15, -0.1) is 0 Å². The van der Waals surface area contributed by atoms with Gasteiger partial charge >= 0.3 is 12.0 Å². The molecule has 7 heteroatoms. The van der Waals surface area contributed by atoms with Gasteiger partial charge in [0.15, 0.2) is 0 Å². The maximum Gasteiger partial charge on any atom is 0.326 e. The third-order valence-electron chi connectivity index (χ3n) is 3.09. The highest BCUT2D eigenvalue weighted by Gasteiger charge is 2.26. The van der Waals surface area contributed by atoms with Gasteiger partial charge in [0.25, 0.3) is 0 Å². The number of morpholine rings is 1. The number of hydrogen-bond acceptors (Lipinski definition) is 4. The van der Waals surface area contributed by atoms with Crippen molar-refractivity contribution >= 4 is 23.8 Å². The Morgan fingerprint density at radius 1 is 1.58 bits per heavy atom. The number of aliphatic carboxylic acids is 1. The van der Waals surface area contributed by atoms with Crippen molar-refractivity contribution in [2.45, 2.75) is 31.9 Å². The smallest absolute Gasteiger partial charge is 0.326 e. The van der Waals surface area contributed by atoms with Crippen LogP contribution in [0.3, 0.4) is 0 Å². The zero-order valence-corrected chi connectivity index (χ0v) is 12.2. The SMILES string of the molecule is CCC1CN(C(=O)N[C@@H](CCSC)C(=O)O)CCO1. The second kappa shape index (κ2) is 8.27. The topological polar surface area (TPSA) is 78.9 Å². The van der Waals surface area contributed by atoms with Crippen LogP contribution in [0.25, 0.3) is 0 Å². The van der Waals surface area contributed by atoms with Gasteiger partial charge in [0.1, 0.15) is 6.04 Å². The number of urea groups is 1. The lowest BCUT2D eigenvalue weighted by Gasteiger charge is -2.33. The number of carboxylic acids is 1. The summed E-state index contributed by atoms with van der Waals surface area (Å²) in [5, 5.41) is 11.7. The summed E-state index contributed by atoms with van der Waals surface area (Å²) in [5.74, 6) is -0.277. The summed E-state index contributed by atoms with van der Waals surface area (Å²) >= 11 is 1.57. The van der Waals surface area contributed by atoms with Crippen LogP contribution in [0.4, 0.5) is 4.79 Å². The van der Waals surface area contributed by atoms with E-state index in [4.69, 9.17) is 9.84 Å². The third kappa shape index (κ3) is 5.28. The highest BCUT2D eigenvalue weighted by atomic mass is 32.2. The Hall–Kier alpha value is -0.950. The average molecular weight is 290 g/mol. The van der Waals surface area contributed by atoms with Gasteiger partial charge in [-0.2, -0.15) is 11.8 Å². The van der Waals surface area contributed by atoms with Gasteiger partial charge < -0.3 is 20.1 Å². The van der Waals surface area contributed by atoms with Crippen molar-refractivity contribution in [3.8, 4) is 0 Å². The molecule has 0 saturated carbocycles. The second-order valence-corrected chi connectivity index (χ2v) is 5.45. The van der Waals surface area contributed by atoms with Crippen LogP contribution in [0, 0.1) is 0 Å². The molecule has 2 amide bonds. The van der Waals surface area contributed by atoms with Crippen molar-refractivity contribution in [2.24, 2.45) is 0 Å². The van der Waals surface area contributed by atoms with E-state index in [-0.39, 0.29) is 12.1 Å². The largest absolute Gasteiger partial charge is 0.480 e. The van der Waals surface area contributed by atoms with E-state index in [1.807, 2.05) is 13.2 Å². The number of nitrogens with one attached hydrogen (secondary N) is 1. The van der Waals surface area contributed by atoms with Crippen molar-refractivity contribution in [2.75, 3.05) is 31.7 Å². The molecular formula is C12H22N2O4S. The molecule has 6 nitrogen and oxygen atoms in total. The number of amides is 2. The quantitative estimate of drug-likeness (QED) is 0.763. The van der Waals surface area contributed by atoms with Gasteiger partial charge in [0.05, 0.1) is 12.7 Å². The monoisotopic (exact) mass is 290 g/mol. The lowest BCUT2D eigenvalue weighted by Crippen LogP contribution is -2.53. The molecule has 2 atom stereocenters. The molecule has 2 N–H and O–H groups in total. The van der Waals surface area contributed by atoms with E-state index in [2.05, 4.69) is 5.32 Å². The van der Waals surface area contributed by atoms with E-state index in [0.717, 1.165) is 6.42 Å². The van der Waals surface area contributed by atoms with Crippen LogP contribution < -0.4 is 5.32 Å². The maximum atomic E-state index is 12.0. The summed E-state index contributed by atoms with van der Waals surface area (Å²) in [6, 6.07) is -1.13. The number of carbonyl (C=O) groups excluding carboxylic acids is 1. The molecule has 110 valence electrons. The summed E-state index contributed by atoms with van der Waals surface area (Å²) < 4.78 is 5.48. The molecule has 1 rings (SSSR count). The van der Waals surface area contributed by atoms with Crippen LogP contribution in [0.2, 0.25) is 0 Å². The van der Waals surface area contributed by atoms with Crippen LogP contribution >= 0.6 is 11.8 Å². The molecule has 1 heterocycles. The first-order valence-corrected chi connectivity index (χ1v) is 7.86. The average Bonchev–Trinajstić information content (AvgIpc) is 2.42. The van der Waals surface area contributed by atoms with Gasteiger partial charge in [-0.3, -0.25) is 0 Å². The third-order valence-corrected chi connectivity index (χ3v) is 3.73. The number of ether oxygens (including phenoxy) is 1.